The molecule has 0 radical (unpaired) electrons. The maximum absolute atomic E-state index is 5.95. The van der Waals surface area contributed by atoms with Crippen molar-refractivity contribution in [3.63, 3.8) is 0 Å². The molecule has 1 saturated heterocycles. The fourth-order valence-corrected chi connectivity index (χ4v) is 2.79. The number of rotatable bonds is 4. The van der Waals surface area contributed by atoms with Gasteiger partial charge in [-0.25, -0.2) is 0 Å². The van der Waals surface area contributed by atoms with E-state index in [1.165, 1.54) is 19.3 Å². The first kappa shape index (κ1) is 12.1. The van der Waals surface area contributed by atoms with Crippen LogP contribution in [0.5, 0.6) is 0 Å². The fourth-order valence-electron chi connectivity index (χ4n) is 2.79. The molecule has 2 rings (SSSR count). The molecule has 1 aliphatic carbocycles. The number of ether oxygens (including phenoxy) is 3. The van der Waals surface area contributed by atoms with Crippen LogP contribution in [0.1, 0.15) is 25.7 Å². The fraction of sp³-hybridized carbons (Fsp3) is 0.846. The van der Waals surface area contributed by atoms with Gasteiger partial charge in [0.2, 0.25) is 0 Å². The van der Waals surface area contributed by atoms with E-state index in [4.69, 9.17) is 14.2 Å². The summed E-state index contributed by atoms with van der Waals surface area (Å²) < 4.78 is 16.8. The highest BCUT2D eigenvalue weighted by molar-refractivity contribution is 4.91. The highest BCUT2D eigenvalue weighted by Gasteiger charge is 2.36. The molecular weight excluding hydrogens is 204 g/mol. The summed E-state index contributed by atoms with van der Waals surface area (Å²) in [5.41, 5.74) is 0. The second-order valence-corrected chi connectivity index (χ2v) is 4.74. The van der Waals surface area contributed by atoms with Crippen molar-refractivity contribution in [1.29, 1.82) is 0 Å². The summed E-state index contributed by atoms with van der Waals surface area (Å²) in [7, 11) is 1.72. The van der Waals surface area contributed by atoms with Crippen molar-refractivity contribution in [3.8, 4) is 0 Å². The zero-order valence-corrected chi connectivity index (χ0v) is 10.1. The van der Waals surface area contributed by atoms with Crippen LogP contribution in [0.15, 0.2) is 12.7 Å². The minimum atomic E-state index is -0.0422. The van der Waals surface area contributed by atoms with Crippen molar-refractivity contribution in [2.24, 2.45) is 11.8 Å². The highest BCUT2D eigenvalue weighted by Crippen LogP contribution is 2.37. The van der Waals surface area contributed by atoms with E-state index in [0.29, 0.717) is 18.4 Å². The van der Waals surface area contributed by atoms with Crippen molar-refractivity contribution in [3.05, 3.63) is 12.7 Å². The van der Waals surface area contributed by atoms with E-state index in [1.54, 1.807) is 7.11 Å². The van der Waals surface area contributed by atoms with Gasteiger partial charge in [0.05, 0.1) is 19.3 Å². The molecule has 16 heavy (non-hydrogen) atoms. The topological polar surface area (TPSA) is 27.7 Å². The molecule has 1 heterocycles. The van der Waals surface area contributed by atoms with Crippen LogP contribution in [-0.4, -0.2) is 32.7 Å². The van der Waals surface area contributed by atoms with Crippen LogP contribution in [0.25, 0.3) is 0 Å². The monoisotopic (exact) mass is 226 g/mol. The molecule has 1 aliphatic heterocycles. The molecule has 0 aromatic heterocycles. The van der Waals surface area contributed by atoms with Crippen LogP contribution in [0.4, 0.5) is 0 Å². The predicted octanol–water partition coefficient (Wildman–Crippen LogP) is 2.37. The molecule has 1 saturated carbocycles. The Balaban J connectivity index is 1.90. The Bertz CT molecular complexity index is 227. The summed E-state index contributed by atoms with van der Waals surface area (Å²) >= 11 is 0. The Morgan fingerprint density at radius 1 is 1.38 bits per heavy atom. The van der Waals surface area contributed by atoms with Crippen LogP contribution < -0.4 is 0 Å². The smallest absolute Gasteiger partial charge is 0.161 e. The maximum atomic E-state index is 5.95. The molecule has 0 bridgehead atoms. The second-order valence-electron chi connectivity index (χ2n) is 4.74. The van der Waals surface area contributed by atoms with Crippen molar-refractivity contribution in [1.82, 2.24) is 0 Å². The lowest BCUT2D eigenvalue weighted by Crippen LogP contribution is -2.40. The second kappa shape index (κ2) is 5.80. The molecule has 0 N–H and O–H groups in total. The quantitative estimate of drug-likeness (QED) is 0.689. The number of hydrogen-bond donors (Lipinski definition) is 0. The lowest BCUT2D eigenvalue weighted by atomic mass is 9.95. The number of allylic oxidation sites excluding steroid dienone is 1. The first-order valence-electron chi connectivity index (χ1n) is 6.23. The van der Waals surface area contributed by atoms with Gasteiger partial charge >= 0.3 is 0 Å². The van der Waals surface area contributed by atoms with Gasteiger partial charge in [-0.05, 0) is 25.2 Å². The minimum Gasteiger partial charge on any atom is -0.382 e. The molecule has 92 valence electrons. The molecule has 4 unspecified atom stereocenters. The first-order chi connectivity index (χ1) is 7.85. The van der Waals surface area contributed by atoms with E-state index in [1.807, 2.05) is 0 Å². The summed E-state index contributed by atoms with van der Waals surface area (Å²) in [4.78, 5) is 0. The van der Waals surface area contributed by atoms with E-state index < -0.39 is 0 Å². The van der Waals surface area contributed by atoms with E-state index in [0.717, 1.165) is 13.0 Å². The molecule has 0 spiro atoms. The van der Waals surface area contributed by atoms with Gasteiger partial charge in [-0.2, -0.15) is 0 Å². The average molecular weight is 226 g/mol. The Labute approximate surface area is 97.8 Å². The van der Waals surface area contributed by atoms with Gasteiger partial charge in [0.1, 0.15) is 0 Å². The van der Waals surface area contributed by atoms with Crippen molar-refractivity contribution in [2.75, 3.05) is 20.3 Å². The van der Waals surface area contributed by atoms with Gasteiger partial charge in [0.15, 0.2) is 6.29 Å². The molecule has 2 fully saturated rings. The zero-order valence-electron chi connectivity index (χ0n) is 10.1. The van der Waals surface area contributed by atoms with E-state index >= 15 is 0 Å². The minimum absolute atomic E-state index is 0.0422. The molecule has 0 amide bonds. The maximum Gasteiger partial charge on any atom is 0.161 e. The summed E-state index contributed by atoms with van der Waals surface area (Å²) in [5, 5.41) is 0. The molecule has 0 aromatic rings. The van der Waals surface area contributed by atoms with Crippen LogP contribution in [0.3, 0.4) is 0 Å². The summed E-state index contributed by atoms with van der Waals surface area (Å²) in [6.45, 7) is 5.37. The van der Waals surface area contributed by atoms with E-state index in [-0.39, 0.29) is 12.4 Å². The first-order valence-corrected chi connectivity index (χ1v) is 6.23. The molecular formula is C13H22O3. The molecule has 4 atom stereocenters. The molecule has 2 aliphatic rings. The van der Waals surface area contributed by atoms with Crippen LogP contribution in [0, 0.1) is 11.8 Å². The van der Waals surface area contributed by atoms with Gasteiger partial charge in [-0.3, -0.25) is 0 Å². The standard InChI is InChI=1S/C13H22O3/c1-3-10-5-4-6-12(10)13-15-8-7-11(16-13)9-14-2/h3,10-13H,1,4-9H2,2H3. The van der Waals surface area contributed by atoms with E-state index in [9.17, 15) is 0 Å². The summed E-state index contributed by atoms with van der Waals surface area (Å²) in [6.07, 6.45) is 6.85. The third-order valence-corrected chi connectivity index (χ3v) is 3.68. The Hall–Kier alpha value is -0.380. The van der Waals surface area contributed by atoms with Gasteiger partial charge < -0.3 is 14.2 Å². The van der Waals surface area contributed by atoms with Crippen molar-refractivity contribution in [2.45, 2.75) is 38.1 Å². The normalized spacial score (nSPS) is 39.8. The number of methoxy groups -OCH3 is 1. The predicted molar refractivity (Wildman–Crippen MR) is 62.1 cm³/mol. The summed E-state index contributed by atoms with van der Waals surface area (Å²) in [5.74, 6) is 1.06. The van der Waals surface area contributed by atoms with Crippen molar-refractivity contribution >= 4 is 0 Å². The average Bonchev–Trinajstić information content (AvgIpc) is 2.78. The lowest BCUT2D eigenvalue weighted by molar-refractivity contribution is -0.245. The largest absolute Gasteiger partial charge is 0.382 e. The Kier molecular flexibility index (Phi) is 4.38. The van der Waals surface area contributed by atoms with Gasteiger partial charge in [0.25, 0.3) is 0 Å². The Morgan fingerprint density at radius 3 is 3.00 bits per heavy atom. The molecule has 3 heteroatoms. The highest BCUT2D eigenvalue weighted by atomic mass is 16.7. The van der Waals surface area contributed by atoms with E-state index in [2.05, 4.69) is 12.7 Å². The van der Waals surface area contributed by atoms with Gasteiger partial charge in [-0.15, -0.1) is 6.58 Å². The number of hydrogen-bond acceptors (Lipinski definition) is 3. The third-order valence-electron chi connectivity index (χ3n) is 3.68. The summed E-state index contributed by atoms with van der Waals surface area (Å²) in [6, 6.07) is 0. The van der Waals surface area contributed by atoms with Crippen LogP contribution in [0.2, 0.25) is 0 Å². The van der Waals surface area contributed by atoms with Crippen LogP contribution >= 0.6 is 0 Å². The Morgan fingerprint density at radius 2 is 2.25 bits per heavy atom. The zero-order chi connectivity index (χ0) is 11.4. The van der Waals surface area contributed by atoms with Gasteiger partial charge in [0, 0.05) is 13.0 Å². The SMILES string of the molecule is C=CC1CCCC1C1OCCC(COC)O1. The third kappa shape index (κ3) is 2.65. The lowest BCUT2D eigenvalue weighted by Gasteiger charge is -2.35. The van der Waals surface area contributed by atoms with Gasteiger partial charge in [-0.1, -0.05) is 12.5 Å². The molecule has 0 aromatic carbocycles. The van der Waals surface area contributed by atoms with Crippen LogP contribution in [-0.2, 0) is 14.2 Å². The molecule has 3 nitrogen and oxygen atoms in total. The van der Waals surface area contributed by atoms with Crippen molar-refractivity contribution < 1.29 is 14.2 Å².